The van der Waals surface area contributed by atoms with E-state index in [1.807, 2.05) is 19.9 Å². The van der Waals surface area contributed by atoms with E-state index in [0.29, 0.717) is 37.8 Å². The first kappa shape index (κ1) is 17.5. The third kappa shape index (κ3) is 6.15. The van der Waals surface area contributed by atoms with Crippen LogP contribution in [0.4, 0.5) is 0 Å². The second-order valence-electron chi connectivity index (χ2n) is 4.76. The van der Waals surface area contributed by atoms with Crippen LogP contribution in [0.2, 0.25) is 0 Å². The maximum Gasteiger partial charge on any atom is 0.350 e. The summed E-state index contributed by atoms with van der Waals surface area (Å²) in [6, 6.07) is 1.94. The molecule has 1 N–H and O–H groups in total. The number of nitrogens with one attached hydrogen (secondary N) is 1. The molecule has 0 radical (unpaired) electrons. The highest BCUT2D eigenvalue weighted by Gasteiger charge is 2.19. The number of esters is 1. The first-order valence-electron chi connectivity index (χ1n) is 7.42. The topological polar surface area (TPSA) is 80.6 Å². The molecule has 1 unspecified atom stereocenters. The van der Waals surface area contributed by atoms with Gasteiger partial charge in [0.1, 0.15) is 12.7 Å². The van der Waals surface area contributed by atoms with Gasteiger partial charge in [0.15, 0.2) is 5.57 Å². The molecule has 0 spiro atoms. The molecule has 1 heterocycles. The van der Waals surface area contributed by atoms with E-state index in [9.17, 15) is 10.1 Å². The maximum absolute atomic E-state index is 11.9. The molecule has 0 aromatic carbocycles. The highest BCUT2D eigenvalue weighted by Crippen LogP contribution is 2.13. The summed E-state index contributed by atoms with van der Waals surface area (Å²) in [6.07, 6.45) is 1.59. The fourth-order valence-corrected chi connectivity index (χ4v) is 2.05. The van der Waals surface area contributed by atoms with Crippen molar-refractivity contribution in [3.05, 3.63) is 11.3 Å². The van der Waals surface area contributed by atoms with Gasteiger partial charge in [-0.2, -0.15) is 5.26 Å². The van der Waals surface area contributed by atoms with Gasteiger partial charge in [0.05, 0.1) is 13.2 Å². The van der Waals surface area contributed by atoms with Crippen molar-refractivity contribution < 1.29 is 19.0 Å². The van der Waals surface area contributed by atoms with E-state index in [-0.39, 0.29) is 12.2 Å². The number of ether oxygens (including phenoxy) is 3. The minimum Gasteiger partial charge on any atom is -0.459 e. The Labute approximate surface area is 126 Å². The van der Waals surface area contributed by atoms with Gasteiger partial charge in [-0.3, -0.25) is 0 Å². The van der Waals surface area contributed by atoms with Gasteiger partial charge >= 0.3 is 5.97 Å². The molecule has 0 aliphatic carbocycles. The van der Waals surface area contributed by atoms with Crippen molar-refractivity contribution in [1.82, 2.24) is 5.32 Å². The lowest BCUT2D eigenvalue weighted by molar-refractivity contribution is -0.140. The Morgan fingerprint density at radius 3 is 2.81 bits per heavy atom. The second kappa shape index (κ2) is 10.2. The summed E-state index contributed by atoms with van der Waals surface area (Å²) in [7, 11) is 0. The fraction of sp³-hybridized carbons (Fsp3) is 0.733. The van der Waals surface area contributed by atoms with Crippen molar-refractivity contribution in [1.29, 1.82) is 5.26 Å². The molecule has 1 atom stereocenters. The lowest BCUT2D eigenvalue weighted by atomic mass is 10.1. The number of rotatable bonds is 9. The van der Waals surface area contributed by atoms with Crippen LogP contribution in [0.3, 0.4) is 0 Å². The number of carbonyl (C=O) groups is 1. The van der Waals surface area contributed by atoms with Gasteiger partial charge in [-0.05, 0) is 19.8 Å². The number of allylic oxidation sites excluding steroid dienone is 1. The monoisotopic (exact) mass is 296 g/mol. The number of hydrogen-bond donors (Lipinski definition) is 1. The van der Waals surface area contributed by atoms with Crippen molar-refractivity contribution >= 4 is 5.97 Å². The number of nitriles is 1. The Morgan fingerprint density at radius 2 is 2.24 bits per heavy atom. The SMILES string of the molecule is CCOCCOC(=O)/C(C#N)=C(/CC)NCC1CCOC1. The molecule has 1 fully saturated rings. The normalized spacial score (nSPS) is 18.8. The summed E-state index contributed by atoms with van der Waals surface area (Å²) < 4.78 is 15.4. The zero-order valence-corrected chi connectivity index (χ0v) is 12.8. The fourth-order valence-electron chi connectivity index (χ4n) is 2.05. The lowest BCUT2D eigenvalue weighted by Crippen LogP contribution is -2.25. The van der Waals surface area contributed by atoms with Crippen LogP contribution in [-0.4, -0.2) is 45.5 Å². The van der Waals surface area contributed by atoms with Crippen molar-refractivity contribution in [3.8, 4) is 6.07 Å². The van der Waals surface area contributed by atoms with E-state index in [2.05, 4.69) is 5.32 Å². The van der Waals surface area contributed by atoms with E-state index in [4.69, 9.17) is 14.2 Å². The van der Waals surface area contributed by atoms with Crippen molar-refractivity contribution in [2.75, 3.05) is 39.6 Å². The zero-order chi connectivity index (χ0) is 15.5. The van der Waals surface area contributed by atoms with E-state index in [1.165, 1.54) is 0 Å². The molecule has 21 heavy (non-hydrogen) atoms. The van der Waals surface area contributed by atoms with Crippen LogP contribution in [-0.2, 0) is 19.0 Å². The molecule has 1 rings (SSSR count). The largest absolute Gasteiger partial charge is 0.459 e. The molecule has 0 saturated carbocycles. The summed E-state index contributed by atoms with van der Waals surface area (Å²) >= 11 is 0. The molecule has 0 amide bonds. The van der Waals surface area contributed by atoms with Crippen LogP contribution in [0.1, 0.15) is 26.7 Å². The average molecular weight is 296 g/mol. The number of nitrogens with zero attached hydrogens (tertiary/aromatic N) is 1. The predicted molar refractivity (Wildman–Crippen MR) is 77.3 cm³/mol. The lowest BCUT2D eigenvalue weighted by Gasteiger charge is -2.14. The Bertz CT molecular complexity index is 395. The maximum atomic E-state index is 11.9. The van der Waals surface area contributed by atoms with Gasteiger partial charge in [0, 0.05) is 31.4 Å². The summed E-state index contributed by atoms with van der Waals surface area (Å²) in [6.45, 7) is 7.06. The van der Waals surface area contributed by atoms with Gasteiger partial charge in [-0.25, -0.2) is 4.79 Å². The van der Waals surface area contributed by atoms with Crippen LogP contribution in [0.5, 0.6) is 0 Å². The Morgan fingerprint density at radius 1 is 1.43 bits per heavy atom. The molecule has 1 aliphatic heterocycles. The highest BCUT2D eigenvalue weighted by atomic mass is 16.6. The molecule has 0 aromatic rings. The van der Waals surface area contributed by atoms with Crippen LogP contribution in [0, 0.1) is 17.2 Å². The molecule has 1 aliphatic rings. The number of hydrogen-bond acceptors (Lipinski definition) is 6. The quantitative estimate of drug-likeness (QED) is 0.300. The van der Waals surface area contributed by atoms with E-state index >= 15 is 0 Å². The van der Waals surface area contributed by atoms with Crippen LogP contribution >= 0.6 is 0 Å². The van der Waals surface area contributed by atoms with E-state index < -0.39 is 5.97 Å². The first-order chi connectivity index (χ1) is 10.2. The predicted octanol–water partition coefficient (Wildman–Crippen LogP) is 1.38. The summed E-state index contributed by atoms with van der Waals surface area (Å²) in [5.74, 6) is -0.162. The molecule has 6 heteroatoms. The third-order valence-electron chi connectivity index (χ3n) is 3.26. The smallest absolute Gasteiger partial charge is 0.350 e. The van der Waals surface area contributed by atoms with Crippen LogP contribution in [0.25, 0.3) is 0 Å². The van der Waals surface area contributed by atoms with Gasteiger partial charge in [0.25, 0.3) is 0 Å². The Hall–Kier alpha value is -1.58. The highest BCUT2D eigenvalue weighted by molar-refractivity contribution is 5.93. The molecular weight excluding hydrogens is 272 g/mol. The molecule has 0 aromatic heterocycles. The minimum atomic E-state index is -0.593. The van der Waals surface area contributed by atoms with E-state index in [0.717, 1.165) is 19.6 Å². The molecule has 1 saturated heterocycles. The van der Waals surface area contributed by atoms with Crippen LogP contribution < -0.4 is 5.32 Å². The van der Waals surface area contributed by atoms with Gasteiger partial charge < -0.3 is 19.5 Å². The summed E-state index contributed by atoms with van der Waals surface area (Å²) in [4.78, 5) is 11.9. The van der Waals surface area contributed by atoms with Gasteiger partial charge in [0.2, 0.25) is 0 Å². The third-order valence-corrected chi connectivity index (χ3v) is 3.26. The summed E-state index contributed by atoms with van der Waals surface area (Å²) in [5, 5.41) is 12.4. The summed E-state index contributed by atoms with van der Waals surface area (Å²) in [5.41, 5.74) is 0.679. The molecule has 0 bridgehead atoms. The average Bonchev–Trinajstić information content (AvgIpc) is 3.01. The number of carbonyl (C=O) groups excluding carboxylic acids is 1. The standard InChI is InChI=1S/C15H24N2O4/c1-3-14(17-10-12-5-6-20-11-12)13(9-16)15(18)21-8-7-19-4-2/h12,17H,3-8,10-11H2,1-2H3/b14-13-. The second-order valence-corrected chi connectivity index (χ2v) is 4.76. The van der Waals surface area contributed by atoms with Crippen molar-refractivity contribution in [2.24, 2.45) is 5.92 Å². The Balaban J connectivity index is 2.53. The molecule has 118 valence electrons. The van der Waals surface area contributed by atoms with Crippen molar-refractivity contribution in [2.45, 2.75) is 26.7 Å². The first-order valence-corrected chi connectivity index (χ1v) is 7.42. The molecule has 6 nitrogen and oxygen atoms in total. The molecular formula is C15H24N2O4. The van der Waals surface area contributed by atoms with Crippen molar-refractivity contribution in [3.63, 3.8) is 0 Å². The van der Waals surface area contributed by atoms with Gasteiger partial charge in [-0.1, -0.05) is 6.92 Å². The van der Waals surface area contributed by atoms with Gasteiger partial charge in [-0.15, -0.1) is 0 Å². The van der Waals surface area contributed by atoms with E-state index in [1.54, 1.807) is 0 Å². The Kier molecular flexibility index (Phi) is 8.48. The minimum absolute atomic E-state index is 0.0490. The zero-order valence-electron chi connectivity index (χ0n) is 12.8. The van der Waals surface area contributed by atoms with Crippen LogP contribution in [0.15, 0.2) is 11.3 Å².